The molecular weight excluding hydrogens is 386 g/mol. The molecule has 8 heteroatoms. The molecule has 1 heterocycles. The first-order valence-electron chi connectivity index (χ1n) is 9.20. The van der Waals surface area contributed by atoms with Crippen molar-refractivity contribution in [3.05, 3.63) is 46.0 Å². The summed E-state index contributed by atoms with van der Waals surface area (Å²) in [7, 11) is 2.86. The van der Waals surface area contributed by atoms with E-state index in [0.717, 1.165) is 5.56 Å². The van der Waals surface area contributed by atoms with Crippen molar-refractivity contribution in [2.24, 2.45) is 0 Å². The lowest BCUT2D eigenvalue weighted by atomic mass is 10.1. The molecule has 2 rings (SSSR count). The summed E-state index contributed by atoms with van der Waals surface area (Å²) in [6.07, 6.45) is 4.78. The molecule has 8 nitrogen and oxygen atoms in total. The molecule has 0 bridgehead atoms. The van der Waals surface area contributed by atoms with E-state index in [9.17, 15) is 14.4 Å². The second-order valence-electron chi connectivity index (χ2n) is 7.29. The molecular formula is C22H25N3O5. The van der Waals surface area contributed by atoms with Crippen molar-refractivity contribution in [1.29, 1.82) is 0 Å². The number of ether oxygens (including phenoxy) is 2. The van der Waals surface area contributed by atoms with E-state index in [1.54, 1.807) is 40.0 Å². The standard InChI is InChI=1S/C22H25N3O5/c1-8-22(4,5)30-20(27)13-25-15(3)23-17(12-19(25)26)16-10-9-14(2)11-18(16)24(6)21(28)29-7/h1,9-12H,13H2,2-7H3. The maximum Gasteiger partial charge on any atom is 0.413 e. The molecule has 1 aromatic heterocycles. The van der Waals surface area contributed by atoms with Gasteiger partial charge in [0.1, 0.15) is 12.4 Å². The lowest BCUT2D eigenvalue weighted by Crippen LogP contribution is -2.33. The Morgan fingerprint density at radius 3 is 2.50 bits per heavy atom. The van der Waals surface area contributed by atoms with E-state index in [4.69, 9.17) is 15.9 Å². The highest BCUT2D eigenvalue weighted by atomic mass is 16.6. The van der Waals surface area contributed by atoms with Gasteiger partial charge in [-0.25, -0.2) is 9.78 Å². The third kappa shape index (κ3) is 5.06. The van der Waals surface area contributed by atoms with Crippen LogP contribution in [0.25, 0.3) is 11.3 Å². The van der Waals surface area contributed by atoms with Gasteiger partial charge in [-0.2, -0.15) is 0 Å². The van der Waals surface area contributed by atoms with Gasteiger partial charge >= 0.3 is 12.1 Å². The van der Waals surface area contributed by atoms with Gasteiger partial charge in [-0.1, -0.05) is 18.1 Å². The fourth-order valence-corrected chi connectivity index (χ4v) is 2.80. The van der Waals surface area contributed by atoms with E-state index in [0.29, 0.717) is 22.8 Å². The quantitative estimate of drug-likeness (QED) is 0.555. The maximum absolute atomic E-state index is 12.7. The van der Waals surface area contributed by atoms with Gasteiger partial charge in [0.15, 0.2) is 5.60 Å². The zero-order valence-corrected chi connectivity index (χ0v) is 18.0. The lowest BCUT2D eigenvalue weighted by Gasteiger charge is -2.21. The van der Waals surface area contributed by atoms with Crippen LogP contribution in [0.1, 0.15) is 25.2 Å². The lowest BCUT2D eigenvalue weighted by molar-refractivity contribution is -0.152. The molecule has 2 aromatic rings. The SMILES string of the molecule is C#CC(C)(C)OC(=O)Cn1c(C)nc(-c2ccc(C)cc2N(C)C(=O)OC)cc1=O. The molecule has 0 aliphatic heterocycles. The molecule has 0 fully saturated rings. The smallest absolute Gasteiger partial charge is 0.413 e. The van der Waals surface area contributed by atoms with Crippen LogP contribution in [0.4, 0.5) is 10.5 Å². The van der Waals surface area contributed by atoms with E-state index in [2.05, 4.69) is 10.9 Å². The van der Waals surface area contributed by atoms with Gasteiger partial charge < -0.3 is 9.47 Å². The van der Waals surface area contributed by atoms with Gasteiger partial charge in [0, 0.05) is 18.7 Å². The van der Waals surface area contributed by atoms with Crippen LogP contribution >= 0.6 is 0 Å². The Balaban J connectivity index is 2.46. The highest BCUT2D eigenvalue weighted by molar-refractivity contribution is 5.93. The number of amides is 1. The van der Waals surface area contributed by atoms with Crippen molar-refractivity contribution in [3.8, 4) is 23.6 Å². The van der Waals surface area contributed by atoms with Crippen molar-refractivity contribution < 1.29 is 19.1 Å². The molecule has 1 amide bonds. The highest BCUT2D eigenvalue weighted by Gasteiger charge is 2.22. The first-order valence-corrected chi connectivity index (χ1v) is 9.20. The monoisotopic (exact) mass is 411 g/mol. The third-order valence-corrected chi connectivity index (χ3v) is 4.44. The zero-order chi connectivity index (χ0) is 22.6. The van der Waals surface area contributed by atoms with Crippen LogP contribution < -0.4 is 10.5 Å². The number of hydrogen-bond acceptors (Lipinski definition) is 6. The maximum atomic E-state index is 12.7. The number of carbonyl (C=O) groups excluding carboxylic acids is 2. The van der Waals surface area contributed by atoms with Crippen molar-refractivity contribution in [1.82, 2.24) is 9.55 Å². The number of anilines is 1. The predicted octanol–water partition coefficient (Wildman–Crippen LogP) is 2.68. The highest BCUT2D eigenvalue weighted by Crippen LogP contribution is 2.30. The summed E-state index contributed by atoms with van der Waals surface area (Å²) in [5.74, 6) is 2.04. The first-order chi connectivity index (χ1) is 14.0. The minimum atomic E-state index is -1.07. The van der Waals surface area contributed by atoms with Crippen molar-refractivity contribution >= 4 is 17.7 Å². The molecule has 0 atom stereocenters. The van der Waals surface area contributed by atoms with Crippen LogP contribution in [-0.4, -0.2) is 41.4 Å². The molecule has 30 heavy (non-hydrogen) atoms. The molecule has 0 aliphatic rings. The number of terminal acetylenes is 1. The Morgan fingerprint density at radius 1 is 1.27 bits per heavy atom. The van der Waals surface area contributed by atoms with E-state index in [1.807, 2.05) is 13.0 Å². The predicted molar refractivity (Wildman–Crippen MR) is 113 cm³/mol. The summed E-state index contributed by atoms with van der Waals surface area (Å²) >= 11 is 0. The number of nitrogens with zero attached hydrogens (tertiary/aromatic N) is 3. The summed E-state index contributed by atoms with van der Waals surface area (Å²) in [4.78, 5) is 42.7. The summed E-state index contributed by atoms with van der Waals surface area (Å²) < 4.78 is 11.2. The van der Waals surface area contributed by atoms with Crippen LogP contribution in [0.15, 0.2) is 29.1 Å². The van der Waals surface area contributed by atoms with Crippen molar-refractivity contribution in [2.45, 2.75) is 39.8 Å². The van der Waals surface area contributed by atoms with Crippen LogP contribution in [0, 0.1) is 26.2 Å². The van der Waals surface area contributed by atoms with E-state index in [1.165, 1.54) is 22.6 Å². The Hall–Kier alpha value is -3.60. The average Bonchev–Trinajstić information content (AvgIpc) is 2.68. The normalized spacial score (nSPS) is 10.8. The van der Waals surface area contributed by atoms with Crippen LogP contribution in [0.5, 0.6) is 0 Å². The number of esters is 1. The van der Waals surface area contributed by atoms with Gasteiger partial charge in [0.05, 0.1) is 18.5 Å². The molecule has 0 saturated heterocycles. The number of benzene rings is 1. The number of methoxy groups -OCH3 is 1. The summed E-state index contributed by atoms with van der Waals surface area (Å²) in [5.41, 5.74) is 0.917. The second-order valence-corrected chi connectivity index (χ2v) is 7.29. The van der Waals surface area contributed by atoms with E-state index < -0.39 is 23.2 Å². The van der Waals surface area contributed by atoms with Crippen LogP contribution in [0.2, 0.25) is 0 Å². The van der Waals surface area contributed by atoms with Crippen LogP contribution in [-0.2, 0) is 20.8 Å². The van der Waals surface area contributed by atoms with Crippen molar-refractivity contribution in [3.63, 3.8) is 0 Å². The molecule has 0 spiro atoms. The molecule has 0 unspecified atom stereocenters. The number of rotatable bonds is 5. The Morgan fingerprint density at radius 2 is 1.93 bits per heavy atom. The zero-order valence-electron chi connectivity index (χ0n) is 18.0. The molecule has 1 aromatic carbocycles. The number of aromatic nitrogens is 2. The van der Waals surface area contributed by atoms with Gasteiger partial charge in [0.2, 0.25) is 0 Å². The van der Waals surface area contributed by atoms with Gasteiger partial charge in [-0.05, 0) is 39.3 Å². The molecule has 0 radical (unpaired) electrons. The second kappa shape index (κ2) is 8.82. The van der Waals surface area contributed by atoms with E-state index in [-0.39, 0.29) is 6.54 Å². The third-order valence-electron chi connectivity index (χ3n) is 4.44. The largest absolute Gasteiger partial charge is 0.452 e. The molecule has 158 valence electrons. The fraction of sp³-hybridized carbons (Fsp3) is 0.364. The topological polar surface area (TPSA) is 90.7 Å². The van der Waals surface area contributed by atoms with E-state index >= 15 is 0 Å². The van der Waals surface area contributed by atoms with Gasteiger partial charge in [-0.15, -0.1) is 6.42 Å². The molecule has 0 N–H and O–H groups in total. The van der Waals surface area contributed by atoms with Crippen molar-refractivity contribution in [2.75, 3.05) is 19.1 Å². The number of carbonyl (C=O) groups is 2. The average molecular weight is 411 g/mol. The summed E-state index contributed by atoms with van der Waals surface area (Å²) in [5, 5.41) is 0. The Labute approximate surface area is 175 Å². The Kier molecular flexibility index (Phi) is 6.67. The number of hydrogen-bond donors (Lipinski definition) is 0. The molecule has 0 aliphatic carbocycles. The minimum Gasteiger partial charge on any atom is -0.452 e. The molecule has 0 saturated carbocycles. The van der Waals surface area contributed by atoms with Gasteiger partial charge in [-0.3, -0.25) is 19.1 Å². The van der Waals surface area contributed by atoms with Gasteiger partial charge in [0.25, 0.3) is 5.56 Å². The fourth-order valence-electron chi connectivity index (χ4n) is 2.80. The number of aryl methyl sites for hydroxylation is 2. The summed E-state index contributed by atoms with van der Waals surface area (Å²) in [6, 6.07) is 6.74. The Bertz CT molecular complexity index is 1080. The van der Waals surface area contributed by atoms with Crippen LogP contribution in [0.3, 0.4) is 0 Å². The summed E-state index contributed by atoms with van der Waals surface area (Å²) in [6.45, 7) is 6.35. The first kappa shape index (κ1) is 22.7. The minimum absolute atomic E-state index is 0.314.